The Bertz CT molecular complexity index is 844. The maximum Gasteiger partial charge on any atom is 0.247 e. The number of amides is 1. The number of β-lactam (4-membered cyclic amide) rings is 1. The van der Waals surface area contributed by atoms with Gasteiger partial charge >= 0.3 is 0 Å². The Balaban J connectivity index is 2.05. The average molecular weight is 374 g/mol. The first-order valence-electron chi connectivity index (χ1n) is 8.22. The number of hydrogen-bond acceptors (Lipinski definition) is 7. The molecule has 8 nitrogen and oxygen atoms in total. The number of phenolic OH excluding ortho intramolecular Hbond substituents is 1. The third-order valence-corrected chi connectivity index (χ3v) is 4.61. The van der Waals surface area contributed by atoms with Crippen molar-refractivity contribution in [2.75, 3.05) is 33.3 Å². The number of rotatable bonds is 6. The van der Waals surface area contributed by atoms with Gasteiger partial charge in [-0.3, -0.25) is 4.79 Å². The maximum atomic E-state index is 12.4. The third-order valence-electron chi connectivity index (χ3n) is 4.61. The Morgan fingerprint density at radius 3 is 2.00 bits per heavy atom. The predicted molar refractivity (Wildman–Crippen MR) is 99.0 cm³/mol. The second kappa shape index (κ2) is 7.24. The van der Waals surface area contributed by atoms with Crippen LogP contribution in [0.15, 0.2) is 30.3 Å². The lowest BCUT2D eigenvalue weighted by molar-refractivity contribution is -0.126. The van der Waals surface area contributed by atoms with E-state index in [1.807, 2.05) is 0 Å². The van der Waals surface area contributed by atoms with Crippen LogP contribution in [-0.2, 0) is 4.79 Å². The summed E-state index contributed by atoms with van der Waals surface area (Å²) in [5, 5.41) is 10.1. The molecule has 1 aliphatic rings. The fourth-order valence-electron chi connectivity index (χ4n) is 3.26. The minimum Gasteiger partial charge on any atom is -0.504 e. The molecule has 2 aromatic rings. The molecule has 2 atom stereocenters. The molecule has 0 bridgehead atoms. The van der Waals surface area contributed by atoms with Gasteiger partial charge in [-0.15, -0.1) is 0 Å². The highest BCUT2D eigenvalue weighted by atomic mass is 16.5. The molecule has 8 heteroatoms. The quantitative estimate of drug-likeness (QED) is 0.744. The van der Waals surface area contributed by atoms with Crippen LogP contribution in [0.1, 0.15) is 11.6 Å². The summed E-state index contributed by atoms with van der Waals surface area (Å²) in [6.07, 6.45) is 0. The van der Waals surface area contributed by atoms with Crippen molar-refractivity contribution in [3.05, 3.63) is 35.9 Å². The van der Waals surface area contributed by atoms with Gasteiger partial charge in [0.25, 0.3) is 0 Å². The lowest BCUT2D eigenvalue weighted by atomic mass is 9.88. The standard InChI is InChI=1S/C19H22N2O6/c1-24-13-6-5-11(9-12(13)22)21-17(16(20)19(21)23)10-7-14(25-2)18(27-4)15(8-10)26-3/h5-9,16-17,22H,20H2,1-4H3/t16-,17+/m1/s1. The summed E-state index contributed by atoms with van der Waals surface area (Å²) >= 11 is 0. The van der Waals surface area contributed by atoms with E-state index in [1.165, 1.54) is 39.4 Å². The van der Waals surface area contributed by atoms with E-state index in [2.05, 4.69) is 0 Å². The van der Waals surface area contributed by atoms with Gasteiger partial charge in [0, 0.05) is 11.8 Å². The number of hydrogen-bond donors (Lipinski definition) is 2. The number of nitrogens with zero attached hydrogens (tertiary/aromatic N) is 1. The van der Waals surface area contributed by atoms with Gasteiger partial charge in [-0.05, 0) is 29.8 Å². The fraction of sp³-hybridized carbons (Fsp3) is 0.316. The van der Waals surface area contributed by atoms with Gasteiger partial charge in [0.15, 0.2) is 23.0 Å². The summed E-state index contributed by atoms with van der Waals surface area (Å²) in [6, 6.07) is 7.09. The van der Waals surface area contributed by atoms with Gasteiger partial charge in [0.1, 0.15) is 6.04 Å². The topological polar surface area (TPSA) is 103 Å². The SMILES string of the molecule is COc1ccc(N2C(=O)[C@H](N)[C@@H]2c2cc(OC)c(OC)c(OC)c2)cc1O. The molecule has 0 spiro atoms. The minimum atomic E-state index is -0.725. The van der Waals surface area contributed by atoms with Crippen LogP contribution in [0.25, 0.3) is 0 Å². The predicted octanol–water partition coefficient (Wildman–Crippen LogP) is 1.84. The van der Waals surface area contributed by atoms with Crippen molar-refractivity contribution in [2.45, 2.75) is 12.1 Å². The summed E-state index contributed by atoms with van der Waals surface area (Å²) in [5.41, 5.74) is 7.32. The minimum absolute atomic E-state index is 0.0630. The Morgan fingerprint density at radius 2 is 1.52 bits per heavy atom. The molecule has 1 fully saturated rings. The smallest absolute Gasteiger partial charge is 0.247 e. The number of nitrogens with two attached hydrogens (primary N) is 1. The molecule has 27 heavy (non-hydrogen) atoms. The first kappa shape index (κ1) is 18.7. The monoisotopic (exact) mass is 374 g/mol. The van der Waals surface area contributed by atoms with Gasteiger partial charge in [0.05, 0.1) is 34.5 Å². The molecule has 1 heterocycles. The number of carbonyl (C=O) groups is 1. The molecule has 2 aromatic carbocycles. The van der Waals surface area contributed by atoms with Crippen LogP contribution in [0.4, 0.5) is 5.69 Å². The molecule has 3 rings (SSSR count). The van der Waals surface area contributed by atoms with Crippen LogP contribution in [-0.4, -0.2) is 45.5 Å². The zero-order chi connectivity index (χ0) is 19.7. The van der Waals surface area contributed by atoms with Crippen molar-refractivity contribution in [1.29, 1.82) is 0 Å². The molecule has 0 radical (unpaired) electrons. The molecule has 1 amide bonds. The Hall–Kier alpha value is -3.13. The van der Waals surface area contributed by atoms with Crippen LogP contribution >= 0.6 is 0 Å². The lowest BCUT2D eigenvalue weighted by Gasteiger charge is -2.45. The van der Waals surface area contributed by atoms with Crippen LogP contribution in [0, 0.1) is 0 Å². The van der Waals surface area contributed by atoms with Gasteiger partial charge in [-0.25, -0.2) is 0 Å². The summed E-state index contributed by atoms with van der Waals surface area (Å²) < 4.78 is 21.2. The molecular weight excluding hydrogens is 352 g/mol. The summed E-state index contributed by atoms with van der Waals surface area (Å²) in [6.45, 7) is 0. The molecule has 3 N–H and O–H groups in total. The zero-order valence-corrected chi connectivity index (χ0v) is 15.6. The van der Waals surface area contributed by atoms with Gasteiger partial charge in [0.2, 0.25) is 11.7 Å². The Kier molecular flexibility index (Phi) is 5.00. The number of methoxy groups -OCH3 is 4. The van der Waals surface area contributed by atoms with Gasteiger partial charge < -0.3 is 34.7 Å². The molecule has 0 aliphatic carbocycles. The van der Waals surface area contributed by atoms with Crippen molar-refractivity contribution in [2.24, 2.45) is 5.73 Å². The van der Waals surface area contributed by atoms with Crippen molar-refractivity contribution >= 4 is 11.6 Å². The largest absolute Gasteiger partial charge is 0.504 e. The second-order valence-electron chi connectivity index (χ2n) is 5.99. The van der Waals surface area contributed by atoms with E-state index >= 15 is 0 Å². The summed E-state index contributed by atoms with van der Waals surface area (Å²) in [7, 11) is 6.02. The highest BCUT2D eigenvalue weighted by molar-refractivity contribution is 6.06. The van der Waals surface area contributed by atoms with E-state index in [0.717, 1.165) is 5.56 Å². The molecule has 1 saturated heterocycles. The first-order valence-corrected chi connectivity index (χ1v) is 8.22. The molecule has 0 saturated carbocycles. The second-order valence-corrected chi connectivity index (χ2v) is 5.99. The number of aromatic hydroxyl groups is 1. The highest BCUT2D eigenvalue weighted by Gasteiger charge is 2.47. The van der Waals surface area contributed by atoms with E-state index in [1.54, 1.807) is 24.3 Å². The number of phenols is 1. The zero-order valence-electron chi connectivity index (χ0n) is 15.6. The van der Waals surface area contributed by atoms with Gasteiger partial charge in [-0.2, -0.15) is 0 Å². The molecule has 1 aliphatic heterocycles. The molecule has 0 unspecified atom stereocenters. The number of carbonyl (C=O) groups excluding carboxylic acids is 1. The molecule has 0 aromatic heterocycles. The normalized spacial score (nSPS) is 18.7. The van der Waals surface area contributed by atoms with Crippen molar-refractivity contribution in [1.82, 2.24) is 0 Å². The Morgan fingerprint density at radius 1 is 0.926 bits per heavy atom. The highest BCUT2D eigenvalue weighted by Crippen LogP contribution is 2.46. The van der Waals surface area contributed by atoms with Crippen molar-refractivity contribution in [3.8, 4) is 28.7 Å². The number of anilines is 1. The van der Waals surface area contributed by atoms with E-state index in [-0.39, 0.29) is 11.7 Å². The average Bonchev–Trinajstić information content (AvgIpc) is 2.69. The molecular formula is C19H22N2O6. The fourth-order valence-corrected chi connectivity index (χ4v) is 3.26. The van der Waals surface area contributed by atoms with Crippen LogP contribution < -0.4 is 29.6 Å². The number of ether oxygens (including phenoxy) is 4. The van der Waals surface area contributed by atoms with Crippen LogP contribution in [0.3, 0.4) is 0 Å². The van der Waals surface area contributed by atoms with Crippen LogP contribution in [0.5, 0.6) is 28.7 Å². The van der Waals surface area contributed by atoms with E-state index < -0.39 is 12.1 Å². The van der Waals surface area contributed by atoms with Crippen molar-refractivity contribution < 1.29 is 28.8 Å². The first-order chi connectivity index (χ1) is 13.0. The van der Waals surface area contributed by atoms with E-state index in [0.29, 0.717) is 28.7 Å². The van der Waals surface area contributed by atoms with Gasteiger partial charge in [-0.1, -0.05) is 0 Å². The summed E-state index contributed by atoms with van der Waals surface area (Å²) in [5.74, 6) is 1.40. The maximum absolute atomic E-state index is 12.4. The number of benzene rings is 2. The third kappa shape index (κ3) is 2.97. The van der Waals surface area contributed by atoms with E-state index in [9.17, 15) is 9.90 Å². The Labute approximate surface area is 157 Å². The van der Waals surface area contributed by atoms with E-state index in [4.69, 9.17) is 24.7 Å². The lowest BCUT2D eigenvalue weighted by Crippen LogP contribution is -2.63. The summed E-state index contributed by atoms with van der Waals surface area (Å²) in [4.78, 5) is 14.0. The molecule has 144 valence electrons. The van der Waals surface area contributed by atoms with Crippen LogP contribution in [0.2, 0.25) is 0 Å². The van der Waals surface area contributed by atoms with Crippen molar-refractivity contribution in [3.63, 3.8) is 0 Å².